The average Bonchev–Trinajstić information content (AvgIpc) is 2.47. The van der Waals surface area contributed by atoms with Crippen LogP contribution in [-0.4, -0.2) is 37.0 Å². The van der Waals surface area contributed by atoms with E-state index in [4.69, 9.17) is 11.6 Å². The predicted octanol–water partition coefficient (Wildman–Crippen LogP) is 2.95. The molecule has 20 heavy (non-hydrogen) atoms. The van der Waals surface area contributed by atoms with E-state index in [9.17, 15) is 4.79 Å². The van der Waals surface area contributed by atoms with Gasteiger partial charge in [0.2, 0.25) is 0 Å². The van der Waals surface area contributed by atoms with Gasteiger partial charge in [-0.3, -0.25) is 4.79 Å². The van der Waals surface area contributed by atoms with E-state index >= 15 is 0 Å². The van der Waals surface area contributed by atoms with Crippen LogP contribution in [0.15, 0.2) is 24.3 Å². The van der Waals surface area contributed by atoms with Gasteiger partial charge in [0, 0.05) is 35.6 Å². The lowest BCUT2D eigenvalue weighted by molar-refractivity contribution is 0.0434. The number of amides is 1. The zero-order valence-corrected chi connectivity index (χ0v) is 12.5. The fraction of sp³-hybridized carbons (Fsp3) is 0.562. The van der Waals surface area contributed by atoms with E-state index in [-0.39, 0.29) is 5.91 Å². The summed E-state index contributed by atoms with van der Waals surface area (Å²) < 4.78 is 0. The maximum Gasteiger partial charge on any atom is 0.253 e. The molecule has 4 heteroatoms. The molecule has 2 heterocycles. The van der Waals surface area contributed by atoms with Crippen molar-refractivity contribution in [2.24, 2.45) is 5.41 Å². The minimum Gasteiger partial charge on any atom is -0.338 e. The Morgan fingerprint density at radius 2 is 2.15 bits per heavy atom. The number of likely N-dealkylation sites (tertiary alicyclic amines) is 1. The minimum atomic E-state index is 0.122. The smallest absolute Gasteiger partial charge is 0.253 e. The van der Waals surface area contributed by atoms with Crippen LogP contribution < -0.4 is 5.32 Å². The van der Waals surface area contributed by atoms with Crippen LogP contribution in [0.1, 0.15) is 36.0 Å². The number of carbonyl (C=O) groups is 1. The molecule has 2 aliphatic heterocycles. The molecule has 0 bridgehead atoms. The monoisotopic (exact) mass is 292 g/mol. The Bertz CT molecular complexity index is 491. The first kappa shape index (κ1) is 13.9. The van der Waals surface area contributed by atoms with Gasteiger partial charge < -0.3 is 10.2 Å². The standard InChI is InChI=1S/C16H21ClN2O/c17-14-5-1-4-13(10-14)15(20)19-9-3-7-16(12-19)6-2-8-18-11-16/h1,4-5,10,18H,2-3,6-9,11-12H2/t16-/m1/s1. The van der Waals surface area contributed by atoms with Gasteiger partial charge in [0.25, 0.3) is 5.91 Å². The Labute approximate surface area is 125 Å². The van der Waals surface area contributed by atoms with Crippen molar-refractivity contribution in [1.82, 2.24) is 10.2 Å². The quantitative estimate of drug-likeness (QED) is 0.863. The van der Waals surface area contributed by atoms with E-state index in [1.807, 2.05) is 17.0 Å². The number of hydrogen-bond acceptors (Lipinski definition) is 2. The van der Waals surface area contributed by atoms with Crippen molar-refractivity contribution in [2.75, 3.05) is 26.2 Å². The summed E-state index contributed by atoms with van der Waals surface area (Å²) in [5, 5.41) is 4.12. The Kier molecular flexibility index (Phi) is 3.99. The molecule has 1 amide bonds. The lowest BCUT2D eigenvalue weighted by Crippen LogP contribution is -2.52. The minimum absolute atomic E-state index is 0.122. The highest BCUT2D eigenvalue weighted by Gasteiger charge is 2.38. The SMILES string of the molecule is O=C(c1cccc(Cl)c1)N1CCC[C@@]2(CCCNC2)C1. The van der Waals surface area contributed by atoms with Crippen LogP contribution in [-0.2, 0) is 0 Å². The highest BCUT2D eigenvalue weighted by atomic mass is 35.5. The fourth-order valence-electron chi connectivity index (χ4n) is 3.56. The second-order valence-electron chi connectivity index (χ2n) is 6.12. The van der Waals surface area contributed by atoms with Gasteiger partial charge >= 0.3 is 0 Å². The number of halogens is 1. The first-order valence-corrected chi connectivity index (χ1v) is 7.82. The molecule has 0 aliphatic carbocycles. The third kappa shape index (κ3) is 2.84. The van der Waals surface area contributed by atoms with E-state index in [1.54, 1.807) is 12.1 Å². The van der Waals surface area contributed by atoms with Crippen molar-refractivity contribution in [3.8, 4) is 0 Å². The summed E-state index contributed by atoms with van der Waals surface area (Å²) in [4.78, 5) is 14.6. The molecule has 1 N–H and O–H groups in total. The molecular weight excluding hydrogens is 272 g/mol. The number of nitrogens with one attached hydrogen (secondary N) is 1. The predicted molar refractivity (Wildman–Crippen MR) is 81.1 cm³/mol. The maximum atomic E-state index is 12.6. The summed E-state index contributed by atoms with van der Waals surface area (Å²) in [5.74, 6) is 0.122. The van der Waals surface area contributed by atoms with E-state index in [2.05, 4.69) is 5.32 Å². The lowest BCUT2D eigenvalue weighted by atomic mass is 9.74. The molecule has 1 atom stereocenters. The molecule has 1 aromatic carbocycles. The fourth-order valence-corrected chi connectivity index (χ4v) is 3.75. The first-order valence-electron chi connectivity index (χ1n) is 7.44. The van der Waals surface area contributed by atoms with Crippen LogP contribution in [0.3, 0.4) is 0 Å². The van der Waals surface area contributed by atoms with Crippen LogP contribution in [0.4, 0.5) is 0 Å². The third-order valence-corrected chi connectivity index (χ3v) is 4.82. The topological polar surface area (TPSA) is 32.3 Å². The van der Waals surface area contributed by atoms with Crippen LogP contribution in [0, 0.1) is 5.41 Å². The van der Waals surface area contributed by atoms with Crippen molar-refractivity contribution >= 4 is 17.5 Å². The zero-order valence-electron chi connectivity index (χ0n) is 11.7. The Morgan fingerprint density at radius 3 is 2.90 bits per heavy atom. The van der Waals surface area contributed by atoms with Gasteiger partial charge in [-0.1, -0.05) is 17.7 Å². The molecule has 3 rings (SSSR count). The third-order valence-electron chi connectivity index (χ3n) is 4.58. The number of benzene rings is 1. The molecule has 1 spiro atoms. The van der Waals surface area contributed by atoms with E-state index < -0.39 is 0 Å². The van der Waals surface area contributed by atoms with E-state index in [0.717, 1.165) is 32.6 Å². The van der Waals surface area contributed by atoms with Gasteiger partial charge in [0.1, 0.15) is 0 Å². The molecule has 0 radical (unpaired) electrons. The molecule has 0 aromatic heterocycles. The molecule has 3 nitrogen and oxygen atoms in total. The van der Waals surface area contributed by atoms with Crippen molar-refractivity contribution in [3.63, 3.8) is 0 Å². The number of rotatable bonds is 1. The molecule has 2 fully saturated rings. The van der Waals surface area contributed by atoms with Crippen LogP contribution in [0.25, 0.3) is 0 Å². The summed E-state index contributed by atoms with van der Waals surface area (Å²) in [6.45, 7) is 3.91. The number of carbonyl (C=O) groups excluding carboxylic acids is 1. The van der Waals surface area contributed by atoms with Crippen molar-refractivity contribution in [1.29, 1.82) is 0 Å². The number of nitrogens with zero attached hydrogens (tertiary/aromatic N) is 1. The van der Waals surface area contributed by atoms with Gasteiger partial charge in [-0.05, 0) is 50.4 Å². The van der Waals surface area contributed by atoms with Crippen LogP contribution >= 0.6 is 11.6 Å². The van der Waals surface area contributed by atoms with Gasteiger partial charge in [-0.25, -0.2) is 0 Å². The molecule has 0 saturated carbocycles. The van der Waals surface area contributed by atoms with E-state index in [1.165, 1.54) is 19.3 Å². The highest BCUT2D eigenvalue weighted by Crippen LogP contribution is 2.36. The van der Waals surface area contributed by atoms with Gasteiger partial charge in [-0.15, -0.1) is 0 Å². The molecular formula is C16H21ClN2O. The lowest BCUT2D eigenvalue weighted by Gasteiger charge is -2.45. The Hall–Kier alpha value is -1.06. The van der Waals surface area contributed by atoms with Gasteiger partial charge in [0.15, 0.2) is 0 Å². The molecule has 1 aromatic rings. The first-order chi connectivity index (χ1) is 9.69. The van der Waals surface area contributed by atoms with Gasteiger partial charge in [-0.2, -0.15) is 0 Å². The van der Waals surface area contributed by atoms with Crippen LogP contribution in [0.5, 0.6) is 0 Å². The largest absolute Gasteiger partial charge is 0.338 e. The summed E-state index contributed by atoms with van der Waals surface area (Å²) in [6.07, 6.45) is 4.80. The normalized spacial score (nSPS) is 26.8. The zero-order chi connectivity index (χ0) is 14.0. The van der Waals surface area contributed by atoms with E-state index in [0.29, 0.717) is 16.0 Å². The number of hydrogen-bond donors (Lipinski definition) is 1. The van der Waals surface area contributed by atoms with Gasteiger partial charge in [0.05, 0.1) is 0 Å². The summed E-state index contributed by atoms with van der Waals surface area (Å²) in [6, 6.07) is 7.28. The second-order valence-corrected chi connectivity index (χ2v) is 6.56. The summed E-state index contributed by atoms with van der Waals surface area (Å²) >= 11 is 5.99. The van der Waals surface area contributed by atoms with Crippen molar-refractivity contribution in [2.45, 2.75) is 25.7 Å². The average molecular weight is 293 g/mol. The number of piperidine rings is 2. The Morgan fingerprint density at radius 1 is 1.30 bits per heavy atom. The second kappa shape index (κ2) is 5.74. The van der Waals surface area contributed by atoms with Crippen molar-refractivity contribution in [3.05, 3.63) is 34.9 Å². The van der Waals surface area contributed by atoms with Crippen LogP contribution in [0.2, 0.25) is 5.02 Å². The molecule has 2 saturated heterocycles. The highest BCUT2D eigenvalue weighted by molar-refractivity contribution is 6.30. The molecule has 108 valence electrons. The molecule has 2 aliphatic rings. The maximum absolute atomic E-state index is 12.6. The Balaban J connectivity index is 1.74. The molecule has 0 unspecified atom stereocenters. The summed E-state index contributed by atoms with van der Waals surface area (Å²) in [5.41, 5.74) is 1.00. The summed E-state index contributed by atoms with van der Waals surface area (Å²) in [7, 11) is 0. The van der Waals surface area contributed by atoms with Crippen molar-refractivity contribution < 1.29 is 4.79 Å².